The van der Waals surface area contributed by atoms with Gasteiger partial charge in [0.1, 0.15) is 30.2 Å². The van der Waals surface area contributed by atoms with E-state index in [1.165, 1.54) is 6.33 Å². The third kappa shape index (κ3) is 5.07. The highest BCUT2D eigenvalue weighted by atomic mass is 28.5. The molecule has 4 rings (SSSR count). The van der Waals surface area contributed by atoms with Crippen molar-refractivity contribution < 1.29 is 22.4 Å². The van der Waals surface area contributed by atoms with Gasteiger partial charge in [-0.3, -0.25) is 4.57 Å². The van der Waals surface area contributed by atoms with Gasteiger partial charge in [0.15, 0.2) is 17.7 Å². The van der Waals surface area contributed by atoms with E-state index in [-0.39, 0.29) is 28.3 Å². The third-order valence-corrected chi connectivity index (χ3v) is 18.2. The Morgan fingerprint density at radius 3 is 2.26 bits per heavy atom. The van der Waals surface area contributed by atoms with Gasteiger partial charge in [0.2, 0.25) is 0 Å². The lowest BCUT2D eigenvalue weighted by Gasteiger charge is -2.51. The number of nitrogens with zero attached hydrogens (tertiary/aromatic N) is 4. The van der Waals surface area contributed by atoms with Crippen LogP contribution in [0.25, 0.3) is 11.2 Å². The second-order valence-electron chi connectivity index (χ2n) is 11.7. The van der Waals surface area contributed by atoms with Gasteiger partial charge in [-0.25, -0.2) is 15.0 Å². The standard InChI is InChI=1S/C25H46N6O5Si2/c1-15(2)37(16(3)4)33-12-19-21(35-38(36-37,17(5)6)18(7)8)22(32-11-9-10-26)25(34-19)31-14-30-20-23(27)28-13-29-24(20)31/h13-19,21-22,25H,9-12,26H2,1-8H3,(H2,27,28,29)/t19-,21-,22-,25-/m1/s1. The minimum Gasteiger partial charge on any atom is -0.414 e. The molecule has 11 nitrogen and oxygen atoms in total. The van der Waals surface area contributed by atoms with Crippen LogP contribution in [0.3, 0.4) is 0 Å². The number of rotatable bonds is 9. The minimum absolute atomic E-state index is 0.194. The van der Waals surface area contributed by atoms with Gasteiger partial charge >= 0.3 is 17.1 Å². The molecule has 0 spiro atoms. The Morgan fingerprint density at radius 1 is 1.00 bits per heavy atom. The Hall–Kier alpha value is -1.46. The van der Waals surface area contributed by atoms with Crippen molar-refractivity contribution in [3.05, 3.63) is 12.7 Å². The normalized spacial score (nSPS) is 27.4. The summed E-state index contributed by atoms with van der Waals surface area (Å²) in [5.74, 6) is 0.321. The van der Waals surface area contributed by atoms with Gasteiger partial charge in [-0.05, 0) is 35.1 Å². The van der Waals surface area contributed by atoms with Gasteiger partial charge in [0.25, 0.3) is 0 Å². The summed E-state index contributed by atoms with van der Waals surface area (Å²) in [7, 11) is -5.54. The van der Waals surface area contributed by atoms with E-state index in [0.717, 1.165) is 6.42 Å². The van der Waals surface area contributed by atoms with Crippen LogP contribution in [0.5, 0.6) is 0 Å². The molecule has 2 aromatic heterocycles. The zero-order valence-electron chi connectivity index (χ0n) is 24.1. The molecule has 4 atom stereocenters. The molecular weight excluding hydrogens is 520 g/mol. The van der Waals surface area contributed by atoms with Crippen molar-refractivity contribution >= 4 is 34.1 Å². The molecule has 0 aliphatic carbocycles. The molecule has 0 aromatic carbocycles. The number of hydrogen-bond donors (Lipinski definition) is 2. The minimum atomic E-state index is -2.85. The van der Waals surface area contributed by atoms with E-state index in [1.54, 1.807) is 6.33 Å². The highest BCUT2D eigenvalue weighted by Gasteiger charge is 2.62. The maximum atomic E-state index is 7.35. The molecule has 0 bridgehead atoms. The largest absolute Gasteiger partial charge is 0.414 e. The lowest BCUT2D eigenvalue weighted by atomic mass is 10.1. The molecule has 0 unspecified atom stereocenters. The first kappa shape index (κ1) is 29.5. The van der Waals surface area contributed by atoms with Gasteiger partial charge < -0.3 is 33.9 Å². The number of imidazole rings is 1. The van der Waals surface area contributed by atoms with E-state index in [4.69, 9.17) is 33.9 Å². The first-order valence-electron chi connectivity index (χ1n) is 13.9. The fourth-order valence-corrected chi connectivity index (χ4v) is 17.1. The van der Waals surface area contributed by atoms with Gasteiger partial charge in [0, 0.05) is 6.61 Å². The van der Waals surface area contributed by atoms with E-state index < -0.39 is 35.6 Å². The van der Waals surface area contributed by atoms with Crippen LogP contribution >= 0.6 is 0 Å². The molecule has 0 saturated carbocycles. The van der Waals surface area contributed by atoms with E-state index in [0.29, 0.717) is 36.7 Å². The van der Waals surface area contributed by atoms with E-state index in [9.17, 15) is 0 Å². The van der Waals surface area contributed by atoms with Crippen molar-refractivity contribution in [3.63, 3.8) is 0 Å². The maximum Gasteiger partial charge on any atom is 0.335 e. The second-order valence-corrected chi connectivity index (χ2v) is 20.5. The lowest BCUT2D eigenvalue weighted by Crippen LogP contribution is -2.66. The molecule has 214 valence electrons. The number of nitrogens with two attached hydrogens (primary N) is 2. The van der Waals surface area contributed by atoms with Crippen molar-refractivity contribution in [2.75, 3.05) is 25.5 Å². The Kier molecular flexibility index (Phi) is 8.99. The topological polar surface area (TPSA) is 142 Å². The maximum absolute atomic E-state index is 7.35. The highest BCUT2D eigenvalue weighted by molar-refractivity contribution is 6.84. The van der Waals surface area contributed by atoms with Crippen molar-refractivity contribution in [1.29, 1.82) is 0 Å². The first-order valence-corrected chi connectivity index (χ1v) is 17.8. The molecular formula is C25H46N6O5Si2. The summed E-state index contributed by atoms with van der Waals surface area (Å²) in [4.78, 5) is 13.0. The van der Waals surface area contributed by atoms with Crippen LogP contribution in [-0.4, -0.2) is 74.7 Å². The van der Waals surface area contributed by atoms with E-state index >= 15 is 0 Å². The van der Waals surface area contributed by atoms with Crippen LogP contribution in [0.15, 0.2) is 12.7 Å². The number of hydrogen-bond acceptors (Lipinski definition) is 10. The molecule has 2 fully saturated rings. The summed E-state index contributed by atoms with van der Waals surface area (Å²) >= 11 is 0. The summed E-state index contributed by atoms with van der Waals surface area (Å²) in [6, 6.07) is 0. The van der Waals surface area contributed by atoms with Crippen LogP contribution < -0.4 is 11.5 Å². The number of anilines is 1. The summed E-state index contributed by atoms with van der Waals surface area (Å²) in [5, 5.41) is 0. The Morgan fingerprint density at radius 2 is 1.66 bits per heavy atom. The van der Waals surface area contributed by atoms with Gasteiger partial charge in [-0.2, -0.15) is 0 Å². The molecule has 4 heterocycles. The lowest BCUT2D eigenvalue weighted by molar-refractivity contribution is -0.0693. The average Bonchev–Trinajstić information content (AvgIpc) is 3.41. The molecule has 0 radical (unpaired) electrons. The second kappa shape index (κ2) is 11.6. The first-order chi connectivity index (χ1) is 18.0. The molecule has 13 heteroatoms. The number of ether oxygens (including phenoxy) is 2. The highest BCUT2D eigenvalue weighted by Crippen LogP contribution is 2.49. The number of nitrogen functional groups attached to an aromatic ring is 1. The van der Waals surface area contributed by atoms with Gasteiger partial charge in [-0.15, -0.1) is 0 Å². The van der Waals surface area contributed by atoms with Crippen molar-refractivity contribution in [3.8, 4) is 0 Å². The molecule has 0 amide bonds. The molecule has 38 heavy (non-hydrogen) atoms. The monoisotopic (exact) mass is 566 g/mol. The van der Waals surface area contributed by atoms with Crippen LogP contribution in [0, 0.1) is 0 Å². The van der Waals surface area contributed by atoms with Crippen molar-refractivity contribution in [2.24, 2.45) is 5.73 Å². The summed E-state index contributed by atoms with van der Waals surface area (Å²) in [5.41, 5.74) is 13.9. The van der Waals surface area contributed by atoms with Crippen LogP contribution in [0.2, 0.25) is 22.2 Å². The number of fused-ring (bicyclic) bond motifs is 2. The Labute approximate surface area is 228 Å². The number of aromatic nitrogens is 4. The quantitative estimate of drug-likeness (QED) is 0.338. The SMILES string of the molecule is CC(C)[Si]1(C(C)C)OC[C@H]2O[C@@H](n3cnc4c(N)ncnc43)[C@H](OCCCN)[C@@H]2O[Si](C(C)C)(C(C)C)O1. The van der Waals surface area contributed by atoms with Crippen molar-refractivity contribution in [1.82, 2.24) is 19.5 Å². The summed E-state index contributed by atoms with van der Waals surface area (Å²) < 4.78 is 36.7. The molecule has 2 aromatic rings. The van der Waals surface area contributed by atoms with Gasteiger partial charge in [-0.1, -0.05) is 55.4 Å². The average molecular weight is 567 g/mol. The predicted molar refractivity (Wildman–Crippen MR) is 151 cm³/mol. The summed E-state index contributed by atoms with van der Waals surface area (Å²) in [6.07, 6.45) is 2.13. The molecule has 2 saturated heterocycles. The Bertz CT molecular complexity index is 1070. The molecule has 2 aliphatic heterocycles. The third-order valence-electron chi connectivity index (χ3n) is 7.94. The fraction of sp³-hybridized carbons (Fsp3) is 0.800. The Balaban J connectivity index is 1.81. The summed E-state index contributed by atoms with van der Waals surface area (Å²) in [6.45, 7) is 19.1. The smallest absolute Gasteiger partial charge is 0.335 e. The predicted octanol–water partition coefficient (Wildman–Crippen LogP) is 4.00. The molecule has 2 aliphatic rings. The van der Waals surface area contributed by atoms with E-state index in [2.05, 4.69) is 70.3 Å². The van der Waals surface area contributed by atoms with Crippen LogP contribution in [-0.2, 0) is 22.4 Å². The van der Waals surface area contributed by atoms with Gasteiger partial charge in [0.05, 0.1) is 12.9 Å². The van der Waals surface area contributed by atoms with Crippen LogP contribution in [0.1, 0.15) is 68.0 Å². The zero-order chi connectivity index (χ0) is 27.8. The fourth-order valence-electron chi connectivity index (χ4n) is 5.88. The molecule has 4 N–H and O–H groups in total. The zero-order valence-corrected chi connectivity index (χ0v) is 26.1. The van der Waals surface area contributed by atoms with E-state index in [1.807, 2.05) is 4.57 Å². The van der Waals surface area contributed by atoms with Crippen LogP contribution in [0.4, 0.5) is 5.82 Å². The van der Waals surface area contributed by atoms with Crippen molar-refractivity contribution in [2.45, 2.75) is 109 Å².